The van der Waals surface area contributed by atoms with E-state index >= 15 is 0 Å². The van der Waals surface area contributed by atoms with Crippen LogP contribution in [0.2, 0.25) is 0 Å². The molecule has 2 spiro atoms. The Kier molecular flexibility index (Phi) is 8.08. The minimum atomic E-state index is -0.850. The molecular weight excluding hydrogens is 640 g/mol. The van der Waals surface area contributed by atoms with Crippen molar-refractivity contribution in [2.24, 2.45) is 47.3 Å². The molecule has 274 valence electrons. The van der Waals surface area contributed by atoms with Gasteiger partial charge >= 0.3 is 0 Å². The third-order valence-corrected chi connectivity index (χ3v) is 14.9. The SMILES string of the molecule is C[C@H]1[C@@H](CC(=O)c2ccc(C(=O)C[C@H]3O[C@@H]4OC5(C)CC[C@H]6[C@H](C)CC[C@@H]([C@H]3C)[C@@]46OO5)cc2)O[C@@H]2OC3(C)CC[C@H]4[C@H](C)CC[C@@H]1[C@@]24OO3. The molecule has 0 amide bonds. The Morgan fingerprint density at radius 2 is 0.980 bits per heavy atom. The Balaban J connectivity index is 0.878. The molecule has 2 aliphatic carbocycles. The third-order valence-electron chi connectivity index (χ3n) is 14.9. The number of ether oxygens (including phenoxy) is 4. The average Bonchev–Trinajstić information content (AvgIpc) is 3.47. The van der Waals surface area contributed by atoms with Crippen molar-refractivity contribution in [3.63, 3.8) is 0 Å². The molecule has 0 radical (unpaired) electrons. The number of ketones is 2. The molecular formula is C40H54O10. The maximum Gasteiger partial charge on any atom is 0.201 e. The highest BCUT2D eigenvalue weighted by Gasteiger charge is 2.71. The fraction of sp³-hybridized carbons (Fsp3) is 0.800. The van der Waals surface area contributed by atoms with Gasteiger partial charge in [-0.3, -0.25) is 9.59 Å². The summed E-state index contributed by atoms with van der Waals surface area (Å²) in [5.74, 6) is 0.342. The van der Waals surface area contributed by atoms with E-state index in [1.54, 1.807) is 24.3 Å². The average molecular weight is 695 g/mol. The van der Waals surface area contributed by atoms with Crippen molar-refractivity contribution in [2.75, 3.05) is 0 Å². The minimum absolute atomic E-state index is 0.00779. The second kappa shape index (κ2) is 11.9. The molecule has 50 heavy (non-hydrogen) atoms. The summed E-state index contributed by atoms with van der Waals surface area (Å²) in [4.78, 5) is 51.9. The highest BCUT2D eigenvalue weighted by Crippen LogP contribution is 2.62. The molecule has 10 nitrogen and oxygen atoms in total. The molecule has 8 saturated heterocycles. The Labute approximate surface area is 295 Å². The van der Waals surface area contributed by atoms with Crippen LogP contribution in [-0.2, 0) is 38.5 Å². The molecule has 11 rings (SSSR count). The number of hydrogen-bond acceptors (Lipinski definition) is 10. The monoisotopic (exact) mass is 694 g/mol. The molecule has 16 atom stereocenters. The van der Waals surface area contributed by atoms with Gasteiger partial charge in [0.05, 0.1) is 12.2 Å². The van der Waals surface area contributed by atoms with Gasteiger partial charge in [-0.25, -0.2) is 19.6 Å². The maximum atomic E-state index is 13.7. The molecule has 2 unspecified atom stereocenters. The van der Waals surface area contributed by atoms with Gasteiger partial charge in [0.2, 0.25) is 11.6 Å². The van der Waals surface area contributed by atoms with E-state index in [1.165, 1.54) is 0 Å². The van der Waals surface area contributed by atoms with Crippen LogP contribution < -0.4 is 0 Å². The van der Waals surface area contributed by atoms with Crippen LogP contribution in [-0.4, -0.2) is 59.1 Å². The van der Waals surface area contributed by atoms with Crippen LogP contribution >= 0.6 is 0 Å². The number of hydrogen-bond donors (Lipinski definition) is 0. The molecule has 1 aromatic carbocycles. The zero-order valence-corrected chi connectivity index (χ0v) is 30.4. The molecule has 10 heteroatoms. The standard InChI is InChI=1S/C40H54O10/c1-21-7-13-29-23(3)33(43-35-39(29)27(21)15-17-37(5,45-35)47-49-39)19-31(41)25-9-11-26(12-10-25)32(42)20-34-24(4)30-14-8-22(2)28-16-18-38(6)46-36(44-34)40(28,30)50-48-38/h9-12,21-24,27-30,33-36H,7-8,13-20H2,1-6H3/t21-,22-,23-,24-,27+,28+,29+,30+,33-,34-,35-,36-,37?,38?,39-,40-/m1/s1. The smallest absolute Gasteiger partial charge is 0.201 e. The lowest BCUT2D eigenvalue weighted by Gasteiger charge is -2.60. The first-order valence-electron chi connectivity index (χ1n) is 19.4. The summed E-state index contributed by atoms with van der Waals surface area (Å²) in [7, 11) is 0. The van der Waals surface area contributed by atoms with Gasteiger partial charge in [-0.15, -0.1) is 0 Å². The summed E-state index contributed by atoms with van der Waals surface area (Å²) in [5, 5.41) is 0. The molecule has 10 aliphatic rings. The van der Waals surface area contributed by atoms with Gasteiger partial charge in [-0.05, 0) is 87.9 Å². The van der Waals surface area contributed by atoms with E-state index < -0.39 is 35.4 Å². The van der Waals surface area contributed by atoms with E-state index in [2.05, 4.69) is 27.7 Å². The number of Topliss-reactive ketones (excluding diaryl/α,β-unsaturated/α-hetero) is 2. The Bertz CT molecular complexity index is 1400. The van der Waals surface area contributed by atoms with E-state index in [4.69, 9.17) is 38.5 Å². The number of benzene rings is 1. The van der Waals surface area contributed by atoms with E-state index in [1.807, 2.05) is 13.8 Å². The van der Waals surface area contributed by atoms with Crippen molar-refractivity contribution >= 4 is 11.6 Å². The van der Waals surface area contributed by atoms with Crippen LogP contribution in [0.5, 0.6) is 0 Å². The first-order valence-corrected chi connectivity index (χ1v) is 19.4. The van der Waals surface area contributed by atoms with Gasteiger partial charge in [0.1, 0.15) is 0 Å². The Hall–Kier alpha value is -1.76. The van der Waals surface area contributed by atoms with Crippen molar-refractivity contribution in [3.8, 4) is 0 Å². The Morgan fingerprint density at radius 3 is 1.38 bits per heavy atom. The Morgan fingerprint density at radius 1 is 0.580 bits per heavy atom. The molecule has 8 aliphatic heterocycles. The summed E-state index contributed by atoms with van der Waals surface area (Å²) >= 11 is 0. The molecule has 0 N–H and O–H groups in total. The van der Waals surface area contributed by atoms with Gasteiger partial charge in [0.25, 0.3) is 0 Å². The normalized spacial score (nSPS) is 52.0. The van der Waals surface area contributed by atoms with Crippen LogP contribution in [0.1, 0.15) is 126 Å². The summed E-state index contributed by atoms with van der Waals surface area (Å²) in [6.45, 7) is 12.8. The van der Waals surface area contributed by atoms with E-state index in [9.17, 15) is 9.59 Å². The van der Waals surface area contributed by atoms with Crippen molar-refractivity contribution in [3.05, 3.63) is 35.4 Å². The molecule has 2 saturated carbocycles. The highest BCUT2D eigenvalue weighted by atomic mass is 17.3. The fourth-order valence-electron chi connectivity index (χ4n) is 11.9. The molecule has 1 aromatic rings. The lowest BCUT2D eigenvalue weighted by atomic mass is 9.57. The summed E-state index contributed by atoms with van der Waals surface area (Å²) < 4.78 is 26.3. The van der Waals surface area contributed by atoms with Crippen molar-refractivity contribution in [1.29, 1.82) is 0 Å². The van der Waals surface area contributed by atoms with E-state index in [0.717, 1.165) is 51.4 Å². The van der Waals surface area contributed by atoms with Gasteiger partial charge < -0.3 is 18.9 Å². The van der Waals surface area contributed by atoms with Crippen LogP contribution in [0.4, 0.5) is 0 Å². The summed E-state index contributed by atoms with van der Waals surface area (Å²) in [5.41, 5.74) is -0.149. The predicted molar refractivity (Wildman–Crippen MR) is 178 cm³/mol. The van der Waals surface area contributed by atoms with Gasteiger partial charge in [0.15, 0.2) is 35.3 Å². The van der Waals surface area contributed by atoms with E-state index in [-0.39, 0.29) is 72.1 Å². The molecule has 8 heterocycles. The molecule has 10 fully saturated rings. The second-order valence-electron chi connectivity index (χ2n) is 17.7. The number of fused-ring (bicyclic) bond motifs is 4. The lowest BCUT2D eigenvalue weighted by Crippen LogP contribution is -2.70. The molecule has 0 aromatic heterocycles. The van der Waals surface area contributed by atoms with E-state index in [0.29, 0.717) is 23.0 Å². The van der Waals surface area contributed by atoms with Crippen molar-refractivity contribution in [1.82, 2.24) is 0 Å². The number of carbonyl (C=O) groups excluding carboxylic acids is 2. The van der Waals surface area contributed by atoms with Gasteiger partial charge in [-0.2, -0.15) is 0 Å². The fourth-order valence-corrected chi connectivity index (χ4v) is 11.9. The topological polar surface area (TPSA) is 108 Å². The van der Waals surface area contributed by atoms with Crippen molar-refractivity contribution in [2.45, 2.75) is 153 Å². The molecule has 4 bridgehead atoms. The largest absolute Gasteiger partial charge is 0.345 e. The van der Waals surface area contributed by atoms with Crippen LogP contribution in [0, 0.1) is 47.3 Å². The van der Waals surface area contributed by atoms with Crippen LogP contribution in [0.15, 0.2) is 24.3 Å². The number of carbonyl (C=O) groups is 2. The van der Waals surface area contributed by atoms with Crippen LogP contribution in [0.25, 0.3) is 0 Å². The third kappa shape index (κ3) is 4.95. The van der Waals surface area contributed by atoms with Gasteiger partial charge in [-0.1, -0.05) is 52.0 Å². The minimum Gasteiger partial charge on any atom is -0.345 e. The maximum absolute atomic E-state index is 13.7. The predicted octanol–water partition coefficient (Wildman–Crippen LogP) is 7.33. The first kappa shape index (κ1) is 34.0. The lowest BCUT2D eigenvalue weighted by molar-refractivity contribution is -0.571. The van der Waals surface area contributed by atoms with Crippen LogP contribution in [0.3, 0.4) is 0 Å². The highest BCUT2D eigenvalue weighted by molar-refractivity contribution is 5.99. The number of rotatable bonds is 6. The summed E-state index contributed by atoms with van der Waals surface area (Å²) in [6, 6.07) is 7.10. The van der Waals surface area contributed by atoms with Gasteiger partial charge in [0, 0.05) is 48.6 Å². The zero-order valence-electron chi connectivity index (χ0n) is 30.4. The summed E-state index contributed by atoms with van der Waals surface area (Å²) in [6.07, 6.45) is 6.38. The second-order valence-corrected chi connectivity index (χ2v) is 17.7. The first-order chi connectivity index (χ1) is 23.9. The zero-order chi connectivity index (χ0) is 34.8. The quantitative estimate of drug-likeness (QED) is 0.222. The van der Waals surface area contributed by atoms with Crippen molar-refractivity contribution < 1.29 is 48.1 Å².